The molecule has 1 heterocycles. The van der Waals surface area contributed by atoms with Crippen molar-refractivity contribution in [3.8, 4) is 0 Å². The lowest BCUT2D eigenvalue weighted by molar-refractivity contribution is -0.131. The Morgan fingerprint density at radius 1 is 1.47 bits per heavy atom. The fourth-order valence-corrected chi connectivity index (χ4v) is 0.786. The number of carboxylic acids is 1. The van der Waals surface area contributed by atoms with Crippen LogP contribution >= 0.6 is 0 Å². The molecule has 15 heavy (non-hydrogen) atoms. The van der Waals surface area contributed by atoms with Crippen molar-refractivity contribution in [1.29, 1.82) is 0 Å². The number of rotatable bonds is 3. The van der Waals surface area contributed by atoms with E-state index in [4.69, 9.17) is 10.2 Å². The van der Waals surface area contributed by atoms with Crippen LogP contribution in [0, 0.1) is 0 Å². The first-order valence-corrected chi connectivity index (χ1v) is 3.81. The molecule has 0 radical (unpaired) electrons. The molecule has 78 valence electrons. The second kappa shape index (κ2) is 4.70. The van der Waals surface area contributed by atoms with Crippen LogP contribution in [-0.2, 0) is 4.79 Å². The first kappa shape index (κ1) is 10.6. The summed E-state index contributed by atoms with van der Waals surface area (Å²) in [5.41, 5.74) is 0.756. The molecule has 0 fully saturated rings. The highest BCUT2D eigenvalue weighted by atomic mass is 16.4. The van der Waals surface area contributed by atoms with Crippen LogP contribution in [0.15, 0.2) is 17.1 Å². The van der Waals surface area contributed by atoms with Gasteiger partial charge in [0.1, 0.15) is 0 Å². The zero-order valence-corrected chi connectivity index (χ0v) is 7.41. The zero-order valence-electron chi connectivity index (χ0n) is 7.41. The number of aromatic amines is 1. The quantitative estimate of drug-likeness (QED) is 0.498. The predicted molar refractivity (Wildman–Crippen MR) is 50.9 cm³/mol. The summed E-state index contributed by atoms with van der Waals surface area (Å²) in [7, 11) is 0. The maximum Gasteiger partial charge on any atom is 0.431 e. The van der Waals surface area contributed by atoms with Crippen molar-refractivity contribution >= 4 is 24.4 Å². The molecule has 1 rings (SSSR count). The summed E-state index contributed by atoms with van der Waals surface area (Å²) in [6, 6.07) is 1.46. The normalized spacial score (nSPS) is 11.2. The number of hydrogen-bond acceptors (Lipinski definition) is 3. The van der Waals surface area contributed by atoms with E-state index in [1.807, 2.05) is 0 Å². The van der Waals surface area contributed by atoms with Crippen LogP contribution in [0.2, 0.25) is 0 Å². The Balaban J connectivity index is 2.72. The van der Waals surface area contributed by atoms with Crippen LogP contribution in [0.3, 0.4) is 0 Å². The molecule has 7 nitrogen and oxygen atoms in total. The van der Waals surface area contributed by atoms with Gasteiger partial charge in [-0.1, -0.05) is 0 Å². The summed E-state index contributed by atoms with van der Waals surface area (Å²) < 4.78 is 0. The number of aliphatic imine (C=N–C) groups is 1. The number of carbonyl (C=O) groups is 2. The molecule has 0 bridgehead atoms. The SMILES string of the molecule is O=C(O)/C=C/c1cc(/C=N/C(=O)O)[nH]n1. The van der Waals surface area contributed by atoms with Gasteiger partial charge in [-0.05, 0) is 12.1 Å². The van der Waals surface area contributed by atoms with E-state index in [1.54, 1.807) is 0 Å². The van der Waals surface area contributed by atoms with Gasteiger partial charge in [-0.2, -0.15) is 10.1 Å². The average Bonchev–Trinajstić information content (AvgIpc) is 2.59. The van der Waals surface area contributed by atoms with Crippen molar-refractivity contribution in [2.45, 2.75) is 0 Å². The van der Waals surface area contributed by atoms with Gasteiger partial charge in [-0.25, -0.2) is 9.59 Å². The lowest BCUT2D eigenvalue weighted by Crippen LogP contribution is -1.87. The maximum absolute atomic E-state index is 10.2. The smallest absolute Gasteiger partial charge is 0.431 e. The predicted octanol–water partition coefficient (Wildman–Crippen LogP) is 0.604. The van der Waals surface area contributed by atoms with Crippen molar-refractivity contribution in [3.63, 3.8) is 0 Å². The average molecular weight is 209 g/mol. The molecule has 0 atom stereocenters. The fourth-order valence-electron chi connectivity index (χ4n) is 0.786. The van der Waals surface area contributed by atoms with E-state index >= 15 is 0 Å². The fraction of sp³-hybridized carbons (Fsp3) is 0. The van der Waals surface area contributed by atoms with Crippen molar-refractivity contribution in [2.75, 3.05) is 0 Å². The van der Waals surface area contributed by atoms with Crippen LogP contribution in [0.4, 0.5) is 4.79 Å². The third kappa shape index (κ3) is 3.85. The molecule has 0 saturated heterocycles. The van der Waals surface area contributed by atoms with Crippen LogP contribution in [0.1, 0.15) is 11.4 Å². The number of hydrogen-bond donors (Lipinski definition) is 3. The maximum atomic E-state index is 10.2. The highest BCUT2D eigenvalue weighted by Crippen LogP contribution is 1.99. The molecule has 0 aliphatic heterocycles. The summed E-state index contributed by atoms with van der Waals surface area (Å²) in [5.74, 6) is -1.08. The molecule has 1 aromatic rings. The number of H-pyrrole nitrogens is 1. The second-order valence-electron chi connectivity index (χ2n) is 2.46. The zero-order chi connectivity index (χ0) is 11.3. The summed E-state index contributed by atoms with van der Waals surface area (Å²) >= 11 is 0. The highest BCUT2D eigenvalue weighted by Gasteiger charge is 1.96. The first-order valence-electron chi connectivity index (χ1n) is 3.81. The van der Waals surface area contributed by atoms with Gasteiger partial charge in [-0.15, -0.1) is 0 Å². The monoisotopic (exact) mass is 209 g/mol. The number of nitrogens with zero attached hydrogens (tertiary/aromatic N) is 2. The summed E-state index contributed by atoms with van der Waals surface area (Å²) in [6.07, 6.45) is 1.96. The molecule has 7 heteroatoms. The number of nitrogens with one attached hydrogen (secondary N) is 1. The molecule has 0 aromatic carbocycles. The Bertz CT molecular complexity index is 394. The minimum Gasteiger partial charge on any atom is -0.478 e. The van der Waals surface area contributed by atoms with E-state index in [0.29, 0.717) is 11.4 Å². The molecule has 0 saturated carbocycles. The van der Waals surface area contributed by atoms with E-state index in [0.717, 1.165) is 12.3 Å². The van der Waals surface area contributed by atoms with Gasteiger partial charge < -0.3 is 10.2 Å². The van der Waals surface area contributed by atoms with E-state index in [-0.39, 0.29) is 0 Å². The van der Waals surface area contributed by atoms with Crippen LogP contribution in [0.5, 0.6) is 0 Å². The minimum atomic E-state index is -1.31. The van der Waals surface area contributed by atoms with Gasteiger partial charge in [0.15, 0.2) is 0 Å². The molecule has 0 aliphatic carbocycles. The molecule has 1 aromatic heterocycles. The third-order valence-electron chi connectivity index (χ3n) is 1.33. The highest BCUT2D eigenvalue weighted by molar-refractivity contribution is 5.88. The topological polar surface area (TPSA) is 116 Å². The van der Waals surface area contributed by atoms with Crippen molar-refractivity contribution in [2.24, 2.45) is 4.99 Å². The lowest BCUT2D eigenvalue weighted by atomic mass is 10.3. The van der Waals surface area contributed by atoms with E-state index in [2.05, 4.69) is 15.2 Å². The van der Waals surface area contributed by atoms with Gasteiger partial charge in [0.25, 0.3) is 0 Å². The Hall–Kier alpha value is -2.44. The molecule has 0 unspecified atom stereocenters. The minimum absolute atomic E-state index is 0.377. The number of amides is 1. The number of aliphatic carboxylic acids is 1. The molecular formula is C8H7N3O4. The van der Waals surface area contributed by atoms with E-state index in [1.165, 1.54) is 12.1 Å². The number of carboxylic acid groups (broad SMARTS) is 2. The molecule has 0 spiro atoms. The van der Waals surface area contributed by atoms with Crippen LogP contribution in [-0.4, -0.2) is 38.7 Å². The standard InChI is InChI=1S/C8H7N3O4/c12-7(13)2-1-5-3-6(11-10-5)4-9-8(14)15/h1-4H,(H,10,11)(H,12,13)(H,14,15)/b2-1+,9-4+. The first-order chi connectivity index (χ1) is 7.08. The Kier molecular flexibility index (Phi) is 3.33. The van der Waals surface area contributed by atoms with Crippen molar-refractivity contribution in [3.05, 3.63) is 23.5 Å². The summed E-state index contributed by atoms with van der Waals surface area (Å²) in [5, 5.41) is 22.7. The Labute approximate surface area is 83.8 Å². The van der Waals surface area contributed by atoms with Crippen LogP contribution < -0.4 is 0 Å². The molecule has 1 amide bonds. The van der Waals surface area contributed by atoms with Gasteiger partial charge in [0.05, 0.1) is 17.6 Å². The van der Waals surface area contributed by atoms with E-state index in [9.17, 15) is 9.59 Å². The second-order valence-corrected chi connectivity index (χ2v) is 2.46. The number of aromatic nitrogens is 2. The van der Waals surface area contributed by atoms with Crippen LogP contribution in [0.25, 0.3) is 6.08 Å². The summed E-state index contributed by atoms with van der Waals surface area (Å²) in [4.78, 5) is 23.3. The molecule has 0 aliphatic rings. The third-order valence-corrected chi connectivity index (χ3v) is 1.33. The van der Waals surface area contributed by atoms with Gasteiger partial charge >= 0.3 is 12.1 Å². The Morgan fingerprint density at radius 3 is 2.80 bits per heavy atom. The van der Waals surface area contributed by atoms with Gasteiger partial charge in [-0.3, -0.25) is 5.10 Å². The van der Waals surface area contributed by atoms with E-state index < -0.39 is 12.1 Å². The molecule has 3 N–H and O–H groups in total. The lowest BCUT2D eigenvalue weighted by Gasteiger charge is -1.79. The van der Waals surface area contributed by atoms with Gasteiger partial charge in [0, 0.05) is 6.08 Å². The summed E-state index contributed by atoms with van der Waals surface area (Å²) in [6.45, 7) is 0. The van der Waals surface area contributed by atoms with Crippen molar-refractivity contribution in [1.82, 2.24) is 10.2 Å². The molecular weight excluding hydrogens is 202 g/mol. The largest absolute Gasteiger partial charge is 0.478 e. The van der Waals surface area contributed by atoms with Gasteiger partial charge in [0.2, 0.25) is 0 Å². The Morgan fingerprint density at radius 2 is 2.20 bits per heavy atom. The van der Waals surface area contributed by atoms with Crippen molar-refractivity contribution < 1.29 is 19.8 Å².